The Morgan fingerprint density at radius 3 is 2.59 bits per heavy atom. The number of ether oxygens (including phenoxy) is 2. The van der Waals surface area contributed by atoms with Crippen LogP contribution in [0.25, 0.3) is 0 Å². The van der Waals surface area contributed by atoms with Gasteiger partial charge in [0.15, 0.2) is 0 Å². The van der Waals surface area contributed by atoms with Crippen molar-refractivity contribution < 1.29 is 9.47 Å². The highest BCUT2D eigenvalue weighted by Crippen LogP contribution is 2.05. The average molecular weight is 240 g/mol. The van der Waals surface area contributed by atoms with Crippen molar-refractivity contribution in [3.63, 3.8) is 0 Å². The molecule has 1 aromatic heterocycles. The third-order valence-electron chi connectivity index (χ3n) is 1.98. The van der Waals surface area contributed by atoms with Crippen LogP contribution >= 0.6 is 0 Å². The van der Waals surface area contributed by atoms with Crippen LogP contribution in [0.1, 0.15) is 6.92 Å². The summed E-state index contributed by atoms with van der Waals surface area (Å²) in [5, 5.41) is 6.25. The van der Waals surface area contributed by atoms with E-state index >= 15 is 0 Å². The molecular weight excluding hydrogens is 220 g/mol. The largest absolute Gasteiger partial charge is 0.382 e. The molecule has 0 spiro atoms. The lowest BCUT2D eigenvalue weighted by atomic mass is 10.5. The highest BCUT2D eigenvalue weighted by atomic mass is 16.5. The number of aromatic nitrogens is 2. The molecule has 2 N–H and O–H groups in total. The lowest BCUT2D eigenvalue weighted by Gasteiger charge is -2.07. The molecule has 0 aliphatic heterocycles. The van der Waals surface area contributed by atoms with Crippen molar-refractivity contribution in [3.8, 4) is 0 Å². The van der Waals surface area contributed by atoms with Crippen molar-refractivity contribution in [2.45, 2.75) is 6.92 Å². The fraction of sp³-hybridized carbons (Fsp3) is 0.636. The van der Waals surface area contributed by atoms with Gasteiger partial charge in [0, 0.05) is 20.2 Å². The summed E-state index contributed by atoms with van der Waals surface area (Å²) in [6.07, 6.45) is 3.39. The number of rotatable bonds is 9. The first-order valence-electron chi connectivity index (χ1n) is 5.73. The van der Waals surface area contributed by atoms with E-state index in [9.17, 15) is 0 Å². The van der Waals surface area contributed by atoms with Crippen LogP contribution in [0.3, 0.4) is 0 Å². The van der Waals surface area contributed by atoms with Crippen LogP contribution in [0.2, 0.25) is 0 Å². The maximum absolute atomic E-state index is 5.32. The molecule has 6 heteroatoms. The second-order valence-corrected chi connectivity index (χ2v) is 3.35. The summed E-state index contributed by atoms with van der Waals surface area (Å²) < 4.78 is 10.2. The van der Waals surface area contributed by atoms with Crippen LogP contribution in [0, 0.1) is 0 Å². The molecule has 0 fully saturated rings. The molecule has 6 nitrogen and oxygen atoms in total. The first-order chi connectivity index (χ1) is 8.36. The maximum atomic E-state index is 5.32. The predicted octanol–water partition coefficient (Wildman–Crippen LogP) is 0.983. The Bertz CT molecular complexity index is 309. The van der Waals surface area contributed by atoms with Gasteiger partial charge in [-0.3, -0.25) is 4.98 Å². The van der Waals surface area contributed by atoms with E-state index in [0.29, 0.717) is 26.4 Å². The van der Waals surface area contributed by atoms with Crippen molar-refractivity contribution in [2.24, 2.45) is 0 Å². The van der Waals surface area contributed by atoms with Gasteiger partial charge in [-0.2, -0.15) is 0 Å². The van der Waals surface area contributed by atoms with Gasteiger partial charge in [-0.1, -0.05) is 0 Å². The molecule has 96 valence electrons. The third kappa shape index (κ3) is 6.03. The summed E-state index contributed by atoms with van der Waals surface area (Å²) in [7, 11) is 1.66. The van der Waals surface area contributed by atoms with Crippen molar-refractivity contribution in [2.75, 3.05) is 50.7 Å². The molecule has 1 aromatic rings. The van der Waals surface area contributed by atoms with Crippen LogP contribution in [0.15, 0.2) is 12.4 Å². The van der Waals surface area contributed by atoms with Gasteiger partial charge in [0.05, 0.1) is 32.2 Å². The Morgan fingerprint density at radius 1 is 1.12 bits per heavy atom. The van der Waals surface area contributed by atoms with E-state index in [4.69, 9.17) is 9.47 Å². The van der Waals surface area contributed by atoms with E-state index < -0.39 is 0 Å². The molecule has 1 heterocycles. The van der Waals surface area contributed by atoms with E-state index in [1.807, 2.05) is 6.92 Å². The molecule has 1 rings (SSSR count). The average Bonchev–Trinajstić information content (AvgIpc) is 2.35. The minimum absolute atomic E-state index is 0.612. The summed E-state index contributed by atoms with van der Waals surface area (Å²) in [5.74, 6) is 1.52. The number of nitrogens with one attached hydrogen (secondary N) is 2. The Labute approximate surface area is 102 Å². The van der Waals surface area contributed by atoms with E-state index in [2.05, 4.69) is 20.6 Å². The van der Waals surface area contributed by atoms with Crippen LogP contribution in [0.4, 0.5) is 11.6 Å². The lowest BCUT2D eigenvalue weighted by Crippen LogP contribution is -2.13. The Morgan fingerprint density at radius 2 is 1.88 bits per heavy atom. The fourth-order valence-corrected chi connectivity index (χ4v) is 1.21. The molecule has 0 unspecified atom stereocenters. The smallest absolute Gasteiger partial charge is 0.147 e. The second-order valence-electron chi connectivity index (χ2n) is 3.35. The number of hydrogen-bond donors (Lipinski definition) is 2. The molecule has 0 atom stereocenters. The normalized spacial score (nSPS) is 10.2. The predicted molar refractivity (Wildman–Crippen MR) is 67.4 cm³/mol. The van der Waals surface area contributed by atoms with Crippen LogP contribution in [0.5, 0.6) is 0 Å². The SMILES string of the molecule is CCNc1cncc(NCCOCCOC)n1. The summed E-state index contributed by atoms with van der Waals surface area (Å²) in [6, 6.07) is 0. The van der Waals surface area contributed by atoms with Gasteiger partial charge in [-0.25, -0.2) is 4.98 Å². The Hall–Kier alpha value is -1.40. The summed E-state index contributed by atoms with van der Waals surface area (Å²) in [5.41, 5.74) is 0. The zero-order valence-electron chi connectivity index (χ0n) is 10.4. The van der Waals surface area contributed by atoms with E-state index in [0.717, 1.165) is 18.2 Å². The standard InChI is InChI=1S/C11H20N4O2/c1-3-13-10-8-12-9-11(15-10)14-4-5-17-7-6-16-2/h8-9H,3-7H2,1-2H3,(H2,13,14,15). The lowest BCUT2D eigenvalue weighted by molar-refractivity contribution is 0.0759. The highest BCUT2D eigenvalue weighted by molar-refractivity contribution is 5.41. The van der Waals surface area contributed by atoms with Crippen molar-refractivity contribution in [1.29, 1.82) is 0 Å². The van der Waals surface area contributed by atoms with Gasteiger partial charge in [0.1, 0.15) is 11.6 Å². The van der Waals surface area contributed by atoms with Crippen molar-refractivity contribution in [3.05, 3.63) is 12.4 Å². The van der Waals surface area contributed by atoms with Crippen LogP contribution in [-0.4, -0.2) is 50.0 Å². The monoisotopic (exact) mass is 240 g/mol. The Kier molecular flexibility index (Phi) is 7.01. The third-order valence-corrected chi connectivity index (χ3v) is 1.98. The summed E-state index contributed by atoms with van der Waals surface area (Å²) in [6.45, 7) is 5.41. The molecule has 0 radical (unpaired) electrons. The molecule has 0 saturated heterocycles. The van der Waals surface area contributed by atoms with Crippen molar-refractivity contribution >= 4 is 11.6 Å². The molecule has 0 bridgehead atoms. The highest BCUT2D eigenvalue weighted by Gasteiger charge is 1.96. The van der Waals surface area contributed by atoms with Crippen LogP contribution < -0.4 is 10.6 Å². The van der Waals surface area contributed by atoms with Gasteiger partial charge in [0.2, 0.25) is 0 Å². The number of methoxy groups -OCH3 is 1. The van der Waals surface area contributed by atoms with E-state index in [1.54, 1.807) is 19.5 Å². The summed E-state index contributed by atoms with van der Waals surface area (Å²) >= 11 is 0. The van der Waals surface area contributed by atoms with Gasteiger partial charge in [0.25, 0.3) is 0 Å². The Balaban J connectivity index is 2.19. The second kappa shape index (κ2) is 8.72. The van der Waals surface area contributed by atoms with Crippen molar-refractivity contribution in [1.82, 2.24) is 9.97 Å². The maximum Gasteiger partial charge on any atom is 0.147 e. The quantitative estimate of drug-likeness (QED) is 0.627. The molecule has 0 amide bonds. The van der Waals surface area contributed by atoms with E-state index in [1.165, 1.54) is 0 Å². The molecule has 17 heavy (non-hydrogen) atoms. The topological polar surface area (TPSA) is 68.3 Å². The first-order valence-corrected chi connectivity index (χ1v) is 5.73. The number of hydrogen-bond acceptors (Lipinski definition) is 6. The number of nitrogens with zero attached hydrogens (tertiary/aromatic N) is 2. The number of anilines is 2. The minimum Gasteiger partial charge on any atom is -0.382 e. The van der Waals surface area contributed by atoms with Gasteiger partial charge >= 0.3 is 0 Å². The molecular formula is C11H20N4O2. The fourth-order valence-electron chi connectivity index (χ4n) is 1.21. The minimum atomic E-state index is 0.612. The molecule has 0 aliphatic carbocycles. The first kappa shape index (κ1) is 13.7. The van der Waals surface area contributed by atoms with Gasteiger partial charge in [-0.15, -0.1) is 0 Å². The van der Waals surface area contributed by atoms with Gasteiger partial charge in [-0.05, 0) is 6.92 Å². The van der Waals surface area contributed by atoms with E-state index in [-0.39, 0.29) is 0 Å². The molecule has 0 aromatic carbocycles. The van der Waals surface area contributed by atoms with Gasteiger partial charge < -0.3 is 20.1 Å². The zero-order chi connectivity index (χ0) is 12.3. The summed E-state index contributed by atoms with van der Waals surface area (Å²) in [4.78, 5) is 8.41. The zero-order valence-corrected chi connectivity index (χ0v) is 10.4. The molecule has 0 saturated carbocycles. The van der Waals surface area contributed by atoms with Crippen LogP contribution in [-0.2, 0) is 9.47 Å². The molecule has 0 aliphatic rings.